The molecule has 0 amide bonds. The van der Waals surface area contributed by atoms with Crippen molar-refractivity contribution >= 4 is 11.4 Å². The molecule has 0 radical (unpaired) electrons. The SMILES string of the molecule is Fc1ccc(C2=CC(C(c3ccccc3)c3ccccc3)(C(F)(F)F)ON2c2ccccc2)cc1. The van der Waals surface area contributed by atoms with E-state index in [-0.39, 0.29) is 5.70 Å². The number of rotatable bonds is 5. The summed E-state index contributed by atoms with van der Waals surface area (Å²) < 4.78 is 59.3. The fourth-order valence-electron chi connectivity index (χ4n) is 4.48. The normalized spacial score (nSPS) is 18.1. The van der Waals surface area contributed by atoms with Crippen molar-refractivity contribution in [1.29, 1.82) is 0 Å². The van der Waals surface area contributed by atoms with Crippen molar-refractivity contribution in [1.82, 2.24) is 0 Å². The average molecular weight is 475 g/mol. The van der Waals surface area contributed by atoms with E-state index in [1.165, 1.54) is 29.3 Å². The first-order chi connectivity index (χ1) is 16.9. The molecular formula is C29H21F4NO. The Hall–Kier alpha value is -3.90. The summed E-state index contributed by atoms with van der Waals surface area (Å²) >= 11 is 0. The minimum absolute atomic E-state index is 0.186. The Kier molecular flexibility index (Phi) is 5.91. The van der Waals surface area contributed by atoms with E-state index in [2.05, 4.69) is 0 Å². The van der Waals surface area contributed by atoms with Crippen molar-refractivity contribution in [2.24, 2.45) is 0 Å². The first-order valence-electron chi connectivity index (χ1n) is 11.1. The van der Waals surface area contributed by atoms with E-state index in [9.17, 15) is 4.39 Å². The number of nitrogens with zero attached hydrogens (tertiary/aromatic N) is 1. The zero-order chi connectivity index (χ0) is 24.5. The molecule has 2 nitrogen and oxygen atoms in total. The second-order valence-corrected chi connectivity index (χ2v) is 8.30. The second kappa shape index (κ2) is 9.04. The zero-order valence-electron chi connectivity index (χ0n) is 18.5. The molecule has 0 bridgehead atoms. The van der Waals surface area contributed by atoms with Gasteiger partial charge in [-0.15, -0.1) is 0 Å². The highest BCUT2D eigenvalue weighted by Gasteiger charge is 2.65. The van der Waals surface area contributed by atoms with Crippen molar-refractivity contribution in [2.75, 3.05) is 5.06 Å². The lowest BCUT2D eigenvalue weighted by atomic mass is 9.76. The predicted octanol–water partition coefficient (Wildman–Crippen LogP) is 7.75. The lowest BCUT2D eigenvalue weighted by Gasteiger charge is -2.38. The third-order valence-electron chi connectivity index (χ3n) is 6.08. The smallest absolute Gasteiger partial charge is 0.247 e. The fraction of sp³-hybridized carbons (Fsp3) is 0.103. The molecule has 4 aromatic rings. The summed E-state index contributed by atoms with van der Waals surface area (Å²) in [5, 5.41) is 1.19. The first-order valence-corrected chi connectivity index (χ1v) is 11.1. The molecular weight excluding hydrogens is 454 g/mol. The summed E-state index contributed by atoms with van der Waals surface area (Å²) in [5.74, 6) is -1.68. The molecule has 0 aromatic heterocycles. The van der Waals surface area contributed by atoms with E-state index < -0.39 is 23.5 Å². The van der Waals surface area contributed by atoms with Crippen LogP contribution in [-0.4, -0.2) is 11.8 Å². The molecule has 0 saturated heterocycles. The summed E-state index contributed by atoms with van der Waals surface area (Å²) in [6.45, 7) is 0. The molecule has 0 fully saturated rings. The van der Waals surface area contributed by atoms with Crippen molar-refractivity contribution < 1.29 is 22.4 Å². The average Bonchev–Trinajstić information content (AvgIpc) is 3.28. The lowest BCUT2D eigenvalue weighted by Crippen LogP contribution is -2.51. The maximum absolute atomic E-state index is 15.2. The minimum Gasteiger partial charge on any atom is -0.247 e. The highest BCUT2D eigenvalue weighted by molar-refractivity contribution is 5.80. The van der Waals surface area contributed by atoms with Gasteiger partial charge in [-0.3, -0.25) is 0 Å². The van der Waals surface area contributed by atoms with Gasteiger partial charge in [-0.1, -0.05) is 78.9 Å². The van der Waals surface area contributed by atoms with Gasteiger partial charge in [0.25, 0.3) is 0 Å². The standard InChI is InChI=1S/C29H21F4NO/c30-24-18-16-21(17-19-24)26-20-28(29(31,32)33,35-34(26)25-14-8-3-9-15-25)27(22-10-4-1-5-11-22)23-12-6-2-7-13-23/h1-20,27H. The Bertz CT molecular complexity index is 1270. The lowest BCUT2D eigenvalue weighted by molar-refractivity contribution is -0.257. The minimum atomic E-state index is -4.79. The number of halogens is 4. The Morgan fingerprint density at radius 1 is 0.657 bits per heavy atom. The second-order valence-electron chi connectivity index (χ2n) is 8.30. The summed E-state index contributed by atoms with van der Waals surface area (Å²) in [4.78, 5) is 5.99. The van der Waals surface area contributed by atoms with Crippen LogP contribution in [0, 0.1) is 5.82 Å². The third kappa shape index (κ3) is 4.21. The Labute approximate surface area is 200 Å². The third-order valence-corrected chi connectivity index (χ3v) is 6.08. The van der Waals surface area contributed by atoms with Crippen LogP contribution in [0.15, 0.2) is 121 Å². The van der Waals surface area contributed by atoms with E-state index in [1.807, 2.05) is 0 Å². The number of hydrogen-bond acceptors (Lipinski definition) is 2. The summed E-state index contributed by atoms with van der Waals surface area (Å²) in [6.07, 6.45) is -3.67. The van der Waals surface area contributed by atoms with E-state index in [0.717, 1.165) is 6.08 Å². The molecule has 6 heteroatoms. The molecule has 1 aliphatic rings. The van der Waals surface area contributed by atoms with Crippen molar-refractivity contribution in [2.45, 2.75) is 17.7 Å². The van der Waals surface area contributed by atoms with Gasteiger partial charge in [-0.2, -0.15) is 13.2 Å². The Balaban J connectivity index is 1.77. The molecule has 1 aliphatic heterocycles. The van der Waals surface area contributed by atoms with E-state index in [4.69, 9.17) is 4.84 Å². The van der Waals surface area contributed by atoms with Crippen molar-refractivity contribution in [3.8, 4) is 0 Å². The van der Waals surface area contributed by atoms with Gasteiger partial charge in [-0.05, 0) is 53.6 Å². The van der Waals surface area contributed by atoms with Crippen LogP contribution in [0.4, 0.5) is 23.2 Å². The van der Waals surface area contributed by atoms with Gasteiger partial charge >= 0.3 is 6.18 Å². The molecule has 35 heavy (non-hydrogen) atoms. The van der Waals surface area contributed by atoms with Crippen LogP contribution in [0.25, 0.3) is 5.70 Å². The van der Waals surface area contributed by atoms with Gasteiger partial charge in [0.1, 0.15) is 5.82 Å². The molecule has 1 heterocycles. The van der Waals surface area contributed by atoms with Crippen LogP contribution < -0.4 is 5.06 Å². The van der Waals surface area contributed by atoms with Crippen LogP contribution in [-0.2, 0) is 4.84 Å². The molecule has 0 spiro atoms. The van der Waals surface area contributed by atoms with E-state index in [0.29, 0.717) is 22.4 Å². The van der Waals surface area contributed by atoms with Crippen molar-refractivity contribution in [3.63, 3.8) is 0 Å². The molecule has 0 saturated carbocycles. The largest absolute Gasteiger partial charge is 0.424 e. The number of alkyl halides is 3. The number of hydroxylamine groups is 1. The van der Waals surface area contributed by atoms with Gasteiger partial charge in [-0.25, -0.2) is 14.3 Å². The number of benzene rings is 4. The van der Waals surface area contributed by atoms with Crippen LogP contribution in [0.1, 0.15) is 22.6 Å². The van der Waals surface area contributed by atoms with Crippen LogP contribution >= 0.6 is 0 Å². The van der Waals surface area contributed by atoms with Gasteiger partial charge in [0.15, 0.2) is 0 Å². The highest BCUT2D eigenvalue weighted by atomic mass is 19.4. The molecule has 176 valence electrons. The Morgan fingerprint density at radius 2 is 1.14 bits per heavy atom. The van der Waals surface area contributed by atoms with Crippen LogP contribution in [0.5, 0.6) is 0 Å². The van der Waals surface area contributed by atoms with Crippen LogP contribution in [0.2, 0.25) is 0 Å². The molecule has 5 rings (SSSR count). The number of para-hydroxylation sites is 1. The summed E-state index contributed by atoms with van der Waals surface area (Å²) in [7, 11) is 0. The highest BCUT2D eigenvalue weighted by Crippen LogP contribution is 2.54. The van der Waals surface area contributed by atoms with Gasteiger partial charge in [0, 0.05) is 5.56 Å². The maximum Gasteiger partial charge on any atom is 0.424 e. The fourth-order valence-corrected chi connectivity index (χ4v) is 4.48. The molecule has 4 aromatic carbocycles. The molecule has 1 unspecified atom stereocenters. The molecule has 0 N–H and O–H groups in total. The molecule has 0 aliphatic carbocycles. The monoisotopic (exact) mass is 475 g/mol. The van der Waals surface area contributed by atoms with Gasteiger partial charge in [0.2, 0.25) is 5.60 Å². The van der Waals surface area contributed by atoms with Gasteiger partial charge in [0.05, 0.1) is 17.3 Å². The first kappa shape index (κ1) is 22.9. The van der Waals surface area contributed by atoms with Crippen LogP contribution in [0.3, 0.4) is 0 Å². The topological polar surface area (TPSA) is 12.5 Å². The summed E-state index contributed by atoms with van der Waals surface area (Å²) in [5.41, 5.74) is -0.795. The predicted molar refractivity (Wildman–Crippen MR) is 128 cm³/mol. The van der Waals surface area contributed by atoms with E-state index in [1.54, 1.807) is 91.0 Å². The Morgan fingerprint density at radius 3 is 1.63 bits per heavy atom. The number of hydrogen-bond donors (Lipinski definition) is 0. The van der Waals surface area contributed by atoms with Crippen molar-refractivity contribution in [3.05, 3.63) is 144 Å². The molecule has 1 atom stereocenters. The zero-order valence-corrected chi connectivity index (χ0v) is 18.5. The number of anilines is 1. The summed E-state index contributed by atoms with van der Waals surface area (Å²) in [6, 6.07) is 31.0. The van der Waals surface area contributed by atoms with E-state index >= 15 is 13.2 Å². The van der Waals surface area contributed by atoms with Gasteiger partial charge < -0.3 is 0 Å². The maximum atomic E-state index is 15.2. The quantitative estimate of drug-likeness (QED) is 0.274.